The maximum Gasteiger partial charge on any atom is 0.0989 e. The van der Waals surface area contributed by atoms with Crippen LogP contribution >= 0.6 is 11.6 Å². The molecule has 10 rings (SSSR count). The molecule has 8 aromatic heterocycles. The average Bonchev–Trinajstić information content (AvgIpc) is 3.34. The van der Waals surface area contributed by atoms with Crippen molar-refractivity contribution in [2.75, 3.05) is 0 Å². The Morgan fingerprint density at radius 2 is 0.639 bits per heavy atom. The van der Waals surface area contributed by atoms with Gasteiger partial charge in [-0.3, -0.25) is 9.97 Å². The summed E-state index contributed by atoms with van der Waals surface area (Å²) in [6.45, 7) is 0. The van der Waals surface area contributed by atoms with Gasteiger partial charge in [0.05, 0.1) is 79.7 Å². The molecule has 0 aliphatic rings. The van der Waals surface area contributed by atoms with Gasteiger partial charge in [0, 0.05) is 39.7 Å². The van der Waals surface area contributed by atoms with Gasteiger partial charge in [0.15, 0.2) is 0 Å². The summed E-state index contributed by atoms with van der Waals surface area (Å²) in [6.07, 6.45) is 3.50. The molecule has 0 fully saturated rings. The monoisotopic (exact) mass is 804 g/mol. The summed E-state index contributed by atoms with van der Waals surface area (Å²) in [7, 11) is 0. The molecule has 0 aliphatic heterocycles. The molecule has 0 atom stereocenters. The van der Waals surface area contributed by atoms with Gasteiger partial charge >= 0.3 is 0 Å². The van der Waals surface area contributed by atoms with Crippen LogP contribution in [0.1, 0.15) is 0 Å². The van der Waals surface area contributed by atoms with Crippen molar-refractivity contribution in [1.29, 1.82) is 0 Å². The lowest BCUT2D eigenvalue weighted by Crippen LogP contribution is -2.02. The minimum Gasteiger partial charge on any atom is -0.255 e. The predicted octanol–water partition coefficient (Wildman–Crippen LogP) is 12.5. The largest absolute Gasteiger partial charge is 0.255 e. The smallest absolute Gasteiger partial charge is 0.0989 e. The van der Waals surface area contributed by atoms with E-state index in [4.69, 9.17) is 41.5 Å². The molecule has 10 aromatic rings. The van der Waals surface area contributed by atoms with Gasteiger partial charge in [-0.15, -0.1) is 0 Å². The first-order valence-electron chi connectivity index (χ1n) is 19.7. The van der Waals surface area contributed by atoms with Crippen molar-refractivity contribution in [2.24, 2.45) is 0 Å². The number of nitrogens with zero attached hydrogens (tertiary/aromatic N) is 8. The Bertz CT molecular complexity index is 3150. The Morgan fingerprint density at radius 3 is 1.18 bits per heavy atom. The second-order valence-corrected chi connectivity index (χ2v) is 14.6. The van der Waals surface area contributed by atoms with Gasteiger partial charge in [-0.25, -0.2) is 29.9 Å². The Labute approximate surface area is 357 Å². The number of pyridine rings is 8. The van der Waals surface area contributed by atoms with Crippen LogP contribution in [0.25, 0.3) is 102 Å². The molecule has 0 aliphatic carbocycles. The average molecular weight is 805 g/mol. The molecule has 0 unspecified atom stereocenters. The second-order valence-electron chi connectivity index (χ2n) is 14.1. The fourth-order valence-electron chi connectivity index (χ4n) is 7.21. The van der Waals surface area contributed by atoms with Crippen molar-refractivity contribution in [3.05, 3.63) is 205 Å². The molecule has 0 saturated carbocycles. The quantitative estimate of drug-likeness (QED) is 0.142. The Kier molecular flexibility index (Phi) is 10.2. The van der Waals surface area contributed by atoms with Gasteiger partial charge in [-0.1, -0.05) is 109 Å². The van der Waals surface area contributed by atoms with Crippen LogP contribution in [0, 0.1) is 0 Å². The first-order valence-corrected chi connectivity index (χ1v) is 20.1. The molecular formula is C52H33ClN8. The van der Waals surface area contributed by atoms with Gasteiger partial charge in [-0.05, 0) is 91.0 Å². The highest BCUT2D eigenvalue weighted by atomic mass is 35.5. The first-order chi connectivity index (χ1) is 30.1. The number of benzene rings is 2. The summed E-state index contributed by atoms with van der Waals surface area (Å²) < 4.78 is 0. The summed E-state index contributed by atoms with van der Waals surface area (Å²) in [5.74, 6) is 0. The zero-order valence-electron chi connectivity index (χ0n) is 32.5. The van der Waals surface area contributed by atoms with Crippen LogP contribution in [-0.2, 0) is 0 Å². The lowest BCUT2D eigenvalue weighted by Gasteiger charge is -2.17. The normalized spacial score (nSPS) is 11.0. The van der Waals surface area contributed by atoms with Crippen molar-refractivity contribution in [3.8, 4) is 102 Å². The third-order valence-corrected chi connectivity index (χ3v) is 10.3. The van der Waals surface area contributed by atoms with E-state index in [2.05, 4.69) is 40.3 Å². The van der Waals surface area contributed by atoms with Crippen molar-refractivity contribution in [2.45, 2.75) is 0 Å². The molecule has 61 heavy (non-hydrogen) atoms. The van der Waals surface area contributed by atoms with E-state index in [1.165, 1.54) is 0 Å². The van der Waals surface area contributed by atoms with E-state index in [1.54, 1.807) is 12.4 Å². The van der Waals surface area contributed by atoms with E-state index in [0.29, 0.717) is 62.0 Å². The van der Waals surface area contributed by atoms with Gasteiger partial charge < -0.3 is 0 Å². The molecule has 0 radical (unpaired) electrons. The van der Waals surface area contributed by atoms with Crippen LogP contribution in [-0.4, -0.2) is 39.9 Å². The molecule has 0 N–H and O–H groups in total. The molecule has 0 saturated heterocycles. The molecule has 0 amide bonds. The van der Waals surface area contributed by atoms with E-state index in [0.717, 1.165) is 45.0 Å². The summed E-state index contributed by atoms with van der Waals surface area (Å²) in [4.78, 5) is 40.5. The SMILES string of the molecule is Clc1cc(-c2ccccn2)nc(-c2nc(-c3cccc(-c4cccc(-c5ccccn5)n4)n3)c(-c3cccc(-c4ccccc4)n3)cc2-c2cccc(-c3ccccc3)n2)c1. The number of halogens is 1. The maximum absolute atomic E-state index is 6.91. The third kappa shape index (κ3) is 7.91. The van der Waals surface area contributed by atoms with E-state index in [-0.39, 0.29) is 0 Å². The van der Waals surface area contributed by atoms with E-state index in [9.17, 15) is 0 Å². The lowest BCUT2D eigenvalue weighted by atomic mass is 9.97. The van der Waals surface area contributed by atoms with Gasteiger partial charge in [-0.2, -0.15) is 0 Å². The number of rotatable bonds is 9. The van der Waals surface area contributed by atoms with E-state index >= 15 is 0 Å². The van der Waals surface area contributed by atoms with Crippen LogP contribution in [0.15, 0.2) is 200 Å². The maximum atomic E-state index is 6.91. The first kappa shape index (κ1) is 37.2. The number of hydrogen-bond acceptors (Lipinski definition) is 8. The molecule has 8 heterocycles. The molecule has 8 nitrogen and oxygen atoms in total. The Hall–Kier alpha value is -8.07. The van der Waals surface area contributed by atoms with Crippen LogP contribution in [0.4, 0.5) is 0 Å². The van der Waals surface area contributed by atoms with Crippen molar-refractivity contribution < 1.29 is 0 Å². The molecule has 288 valence electrons. The highest BCUT2D eigenvalue weighted by Crippen LogP contribution is 2.40. The van der Waals surface area contributed by atoms with Crippen LogP contribution < -0.4 is 0 Å². The molecule has 0 spiro atoms. The van der Waals surface area contributed by atoms with Crippen LogP contribution in [0.3, 0.4) is 0 Å². The van der Waals surface area contributed by atoms with Gasteiger partial charge in [0.2, 0.25) is 0 Å². The molecule has 9 heteroatoms. The molecular weight excluding hydrogens is 772 g/mol. The van der Waals surface area contributed by atoms with Gasteiger partial charge in [0.1, 0.15) is 0 Å². The fraction of sp³-hybridized carbons (Fsp3) is 0. The third-order valence-electron chi connectivity index (χ3n) is 10.1. The fourth-order valence-corrected chi connectivity index (χ4v) is 7.42. The van der Waals surface area contributed by atoms with Crippen molar-refractivity contribution >= 4 is 11.6 Å². The van der Waals surface area contributed by atoms with Crippen LogP contribution in [0.2, 0.25) is 5.02 Å². The molecule has 2 aromatic carbocycles. The highest BCUT2D eigenvalue weighted by molar-refractivity contribution is 6.31. The van der Waals surface area contributed by atoms with E-state index in [1.807, 2.05) is 158 Å². The van der Waals surface area contributed by atoms with Crippen molar-refractivity contribution in [3.63, 3.8) is 0 Å². The predicted molar refractivity (Wildman–Crippen MR) is 243 cm³/mol. The summed E-state index contributed by atoms with van der Waals surface area (Å²) >= 11 is 6.91. The summed E-state index contributed by atoms with van der Waals surface area (Å²) in [5.41, 5.74) is 13.1. The second kappa shape index (κ2) is 16.7. The zero-order valence-corrected chi connectivity index (χ0v) is 33.3. The lowest BCUT2D eigenvalue weighted by molar-refractivity contribution is 1.18. The Morgan fingerprint density at radius 1 is 0.262 bits per heavy atom. The Balaban J connectivity index is 1.23. The minimum atomic E-state index is 0.492. The van der Waals surface area contributed by atoms with Gasteiger partial charge in [0.25, 0.3) is 0 Å². The van der Waals surface area contributed by atoms with Crippen molar-refractivity contribution in [1.82, 2.24) is 39.9 Å². The van der Waals surface area contributed by atoms with E-state index < -0.39 is 0 Å². The topological polar surface area (TPSA) is 103 Å². The number of hydrogen-bond donors (Lipinski definition) is 0. The minimum absolute atomic E-state index is 0.492. The highest BCUT2D eigenvalue weighted by Gasteiger charge is 2.23. The zero-order chi connectivity index (χ0) is 41.0. The summed E-state index contributed by atoms with van der Waals surface area (Å²) in [5, 5.41) is 0.492. The summed E-state index contributed by atoms with van der Waals surface area (Å²) in [6, 6.07) is 61.3. The van der Waals surface area contributed by atoms with Crippen LogP contribution in [0.5, 0.6) is 0 Å². The molecule has 0 bridgehead atoms. The standard InChI is InChI=1S/C52H33ClN8/c53-36-31-49(44-20-8-10-30-55-44)60-50(32-36)52-38(42-24-12-22-40(57-42)35-17-5-2-6-18-35)33-37(41-23-11-21-39(56-41)34-15-3-1-4-16-34)51(61-52)48-28-14-27-47(59-48)46-26-13-25-45(58-46)43-19-7-9-29-54-43/h1-33H. The number of aromatic nitrogens is 8.